The average molecular weight is 281 g/mol. The van der Waals surface area contributed by atoms with Crippen molar-refractivity contribution in [2.24, 2.45) is 5.73 Å². The Hall–Kier alpha value is -1.06. The lowest BCUT2D eigenvalue weighted by molar-refractivity contribution is -0.122. The number of hydrogen-bond donors (Lipinski definition) is 2. The number of carbonyl (C=O) groups excluding carboxylic acids is 1. The van der Waals surface area contributed by atoms with Crippen molar-refractivity contribution in [2.45, 2.75) is 50.6 Å². The first-order chi connectivity index (χ1) is 8.98. The van der Waals surface area contributed by atoms with E-state index in [4.69, 9.17) is 17.3 Å². The summed E-state index contributed by atoms with van der Waals surface area (Å²) in [6.45, 7) is 1.97. The fraction of sp³-hybridized carbons (Fsp3) is 0.533. The Labute approximate surface area is 119 Å². The van der Waals surface area contributed by atoms with Crippen LogP contribution in [0.15, 0.2) is 24.3 Å². The van der Waals surface area contributed by atoms with Gasteiger partial charge in [0.2, 0.25) is 5.91 Å². The molecule has 1 aliphatic carbocycles. The molecule has 4 heteroatoms. The van der Waals surface area contributed by atoms with Gasteiger partial charge in [0.1, 0.15) is 0 Å². The minimum atomic E-state index is -0.288. The molecule has 0 aromatic heterocycles. The van der Waals surface area contributed by atoms with E-state index in [1.54, 1.807) is 0 Å². The fourth-order valence-electron chi connectivity index (χ4n) is 2.70. The lowest BCUT2D eigenvalue weighted by atomic mass is 9.94. The third-order valence-electron chi connectivity index (χ3n) is 3.86. The Morgan fingerprint density at radius 3 is 2.53 bits per heavy atom. The average Bonchev–Trinajstić information content (AvgIpc) is 2.76. The van der Waals surface area contributed by atoms with Crippen LogP contribution in [0.2, 0.25) is 5.02 Å². The van der Waals surface area contributed by atoms with Gasteiger partial charge < -0.3 is 11.1 Å². The molecule has 3 nitrogen and oxygen atoms in total. The number of carbonyl (C=O) groups is 1. The van der Waals surface area contributed by atoms with Crippen LogP contribution in [0, 0.1) is 0 Å². The molecule has 0 unspecified atom stereocenters. The van der Waals surface area contributed by atoms with E-state index in [9.17, 15) is 4.79 Å². The molecule has 0 heterocycles. The van der Waals surface area contributed by atoms with Crippen molar-refractivity contribution in [2.75, 3.05) is 0 Å². The second kappa shape index (κ2) is 5.93. The molecule has 1 saturated carbocycles. The van der Waals surface area contributed by atoms with Crippen molar-refractivity contribution in [1.82, 2.24) is 5.32 Å². The van der Waals surface area contributed by atoms with E-state index in [-0.39, 0.29) is 17.5 Å². The molecule has 0 radical (unpaired) electrons. The second-order valence-electron chi connectivity index (χ2n) is 5.59. The Kier molecular flexibility index (Phi) is 4.48. The van der Waals surface area contributed by atoms with E-state index in [1.165, 1.54) is 0 Å². The number of rotatable bonds is 4. The number of benzene rings is 1. The van der Waals surface area contributed by atoms with E-state index >= 15 is 0 Å². The van der Waals surface area contributed by atoms with Gasteiger partial charge in [0, 0.05) is 17.0 Å². The van der Waals surface area contributed by atoms with E-state index < -0.39 is 0 Å². The highest BCUT2D eigenvalue weighted by Gasteiger charge is 2.31. The largest absolute Gasteiger partial charge is 0.350 e. The summed E-state index contributed by atoms with van der Waals surface area (Å²) in [6.07, 6.45) is 4.60. The van der Waals surface area contributed by atoms with Crippen LogP contribution in [0.3, 0.4) is 0 Å². The zero-order chi connectivity index (χ0) is 13.9. The van der Waals surface area contributed by atoms with Gasteiger partial charge in [-0.05, 0) is 37.5 Å². The Morgan fingerprint density at radius 1 is 1.37 bits per heavy atom. The van der Waals surface area contributed by atoms with Crippen molar-refractivity contribution in [1.29, 1.82) is 0 Å². The van der Waals surface area contributed by atoms with Gasteiger partial charge in [-0.2, -0.15) is 0 Å². The summed E-state index contributed by atoms with van der Waals surface area (Å²) >= 11 is 5.85. The van der Waals surface area contributed by atoms with Crippen molar-refractivity contribution >= 4 is 17.5 Å². The zero-order valence-electron chi connectivity index (χ0n) is 11.3. The fourth-order valence-corrected chi connectivity index (χ4v) is 2.83. The van der Waals surface area contributed by atoms with Gasteiger partial charge in [-0.1, -0.05) is 36.6 Å². The van der Waals surface area contributed by atoms with Gasteiger partial charge in [0.05, 0.1) is 6.04 Å². The van der Waals surface area contributed by atoms with Crippen molar-refractivity contribution in [3.63, 3.8) is 0 Å². The highest BCUT2D eigenvalue weighted by atomic mass is 35.5. The van der Waals surface area contributed by atoms with Gasteiger partial charge in [-0.3, -0.25) is 4.79 Å². The first kappa shape index (κ1) is 14.4. The third kappa shape index (κ3) is 3.95. The van der Waals surface area contributed by atoms with Crippen LogP contribution in [0.1, 0.15) is 50.6 Å². The highest BCUT2D eigenvalue weighted by molar-refractivity contribution is 6.30. The number of nitrogens with two attached hydrogens (primary N) is 1. The van der Waals surface area contributed by atoms with Crippen molar-refractivity contribution < 1.29 is 4.79 Å². The highest BCUT2D eigenvalue weighted by Crippen LogP contribution is 2.30. The molecule has 0 aliphatic heterocycles. The molecule has 0 bridgehead atoms. The standard InChI is InChI=1S/C15H21ClN2O/c1-11(12-4-6-13(16)7-5-12)18-14(19)10-15(17)8-2-3-9-15/h4-7,11H,2-3,8-10,17H2,1H3,(H,18,19)/t11-/m0/s1. The number of hydrogen-bond acceptors (Lipinski definition) is 2. The number of nitrogens with one attached hydrogen (secondary N) is 1. The van der Waals surface area contributed by atoms with E-state index in [1.807, 2.05) is 31.2 Å². The molecule has 1 atom stereocenters. The van der Waals surface area contributed by atoms with Crippen LogP contribution in [0.4, 0.5) is 0 Å². The Morgan fingerprint density at radius 2 is 1.95 bits per heavy atom. The minimum Gasteiger partial charge on any atom is -0.350 e. The lowest BCUT2D eigenvalue weighted by Crippen LogP contribution is -2.42. The van der Waals surface area contributed by atoms with Crippen molar-refractivity contribution in [3.8, 4) is 0 Å². The van der Waals surface area contributed by atoms with Gasteiger partial charge in [-0.25, -0.2) is 0 Å². The predicted molar refractivity (Wildman–Crippen MR) is 78.0 cm³/mol. The monoisotopic (exact) mass is 280 g/mol. The van der Waals surface area contributed by atoms with Crippen LogP contribution in [-0.2, 0) is 4.79 Å². The Balaban J connectivity index is 1.89. The van der Waals surface area contributed by atoms with Crippen molar-refractivity contribution in [3.05, 3.63) is 34.9 Å². The summed E-state index contributed by atoms with van der Waals surface area (Å²) in [6, 6.07) is 7.51. The molecule has 1 aromatic rings. The lowest BCUT2D eigenvalue weighted by Gasteiger charge is -2.24. The van der Waals surface area contributed by atoms with Crippen LogP contribution in [0.25, 0.3) is 0 Å². The smallest absolute Gasteiger partial charge is 0.222 e. The van der Waals surface area contributed by atoms with Gasteiger partial charge in [0.25, 0.3) is 0 Å². The van der Waals surface area contributed by atoms with Gasteiger partial charge in [0.15, 0.2) is 0 Å². The minimum absolute atomic E-state index is 0.0187. The summed E-state index contributed by atoms with van der Waals surface area (Å²) in [5, 5.41) is 3.71. The maximum absolute atomic E-state index is 12.0. The molecule has 0 saturated heterocycles. The third-order valence-corrected chi connectivity index (χ3v) is 4.11. The zero-order valence-corrected chi connectivity index (χ0v) is 12.0. The van der Waals surface area contributed by atoms with Crippen LogP contribution in [-0.4, -0.2) is 11.4 Å². The van der Waals surface area contributed by atoms with Crippen LogP contribution < -0.4 is 11.1 Å². The molecule has 104 valence electrons. The second-order valence-corrected chi connectivity index (χ2v) is 6.02. The number of amides is 1. The molecule has 1 aliphatic rings. The SMILES string of the molecule is C[C@H](NC(=O)CC1(N)CCCC1)c1ccc(Cl)cc1. The normalized spacial score (nSPS) is 19.1. The molecule has 3 N–H and O–H groups in total. The first-order valence-corrected chi connectivity index (χ1v) is 7.20. The molecular weight excluding hydrogens is 260 g/mol. The van der Waals surface area contributed by atoms with E-state index in [0.29, 0.717) is 11.4 Å². The van der Waals surface area contributed by atoms with E-state index in [2.05, 4.69) is 5.32 Å². The van der Waals surface area contributed by atoms with Gasteiger partial charge >= 0.3 is 0 Å². The molecule has 1 fully saturated rings. The molecule has 1 aromatic carbocycles. The maximum atomic E-state index is 12.0. The first-order valence-electron chi connectivity index (χ1n) is 6.82. The molecule has 2 rings (SSSR count). The number of halogens is 1. The Bertz CT molecular complexity index is 438. The summed E-state index contributed by atoms with van der Waals surface area (Å²) in [4.78, 5) is 12.0. The van der Waals surface area contributed by atoms with Crippen LogP contribution in [0.5, 0.6) is 0 Å². The summed E-state index contributed by atoms with van der Waals surface area (Å²) in [7, 11) is 0. The molecule has 19 heavy (non-hydrogen) atoms. The van der Waals surface area contributed by atoms with E-state index in [0.717, 1.165) is 31.2 Å². The topological polar surface area (TPSA) is 55.1 Å². The summed E-state index contributed by atoms with van der Waals surface area (Å²) in [5.41, 5.74) is 6.98. The molecule has 1 amide bonds. The molecular formula is C15H21ClN2O. The van der Waals surface area contributed by atoms with Crippen LogP contribution >= 0.6 is 11.6 Å². The van der Waals surface area contributed by atoms with Gasteiger partial charge in [-0.15, -0.1) is 0 Å². The predicted octanol–water partition coefficient (Wildman–Crippen LogP) is 3.18. The summed E-state index contributed by atoms with van der Waals surface area (Å²) in [5.74, 6) is 0.0341. The quantitative estimate of drug-likeness (QED) is 0.890. The molecule has 0 spiro atoms. The summed E-state index contributed by atoms with van der Waals surface area (Å²) < 4.78 is 0. The maximum Gasteiger partial charge on any atom is 0.222 e.